The largest absolute Gasteiger partial charge is 0.444 e. The Morgan fingerprint density at radius 3 is 2.68 bits per heavy atom. The van der Waals surface area contributed by atoms with Gasteiger partial charge >= 0.3 is 6.09 Å². The van der Waals surface area contributed by atoms with Crippen LogP contribution in [0.25, 0.3) is 0 Å². The summed E-state index contributed by atoms with van der Waals surface area (Å²) in [4.78, 5) is 14.5. The lowest BCUT2D eigenvalue weighted by Crippen LogP contribution is -2.53. The van der Waals surface area contributed by atoms with Gasteiger partial charge < -0.3 is 9.47 Å². The van der Waals surface area contributed by atoms with Gasteiger partial charge in [-0.25, -0.2) is 4.79 Å². The molecule has 4 heteroatoms. The molecule has 22 heavy (non-hydrogen) atoms. The van der Waals surface area contributed by atoms with E-state index >= 15 is 0 Å². The molecule has 0 aromatic rings. The number of rotatable bonds is 2. The molecule has 1 amide bonds. The van der Waals surface area contributed by atoms with E-state index in [1.165, 1.54) is 12.0 Å². The Bertz CT molecular complexity index is 473. The highest BCUT2D eigenvalue weighted by molar-refractivity contribution is 5.70. The lowest BCUT2D eigenvalue weighted by Gasteiger charge is -2.47. The van der Waals surface area contributed by atoms with Crippen molar-refractivity contribution in [2.75, 3.05) is 13.2 Å². The molecular formula is C18H29NO3. The normalized spacial score (nSPS) is 30.4. The number of carbonyl (C=O) groups is 1. The van der Waals surface area contributed by atoms with E-state index in [2.05, 4.69) is 13.0 Å². The fraction of sp³-hybridized carbons (Fsp3) is 0.833. The van der Waals surface area contributed by atoms with E-state index in [1.807, 2.05) is 25.7 Å². The molecule has 3 aliphatic rings. The zero-order chi connectivity index (χ0) is 16.0. The third-order valence-electron chi connectivity index (χ3n) is 4.87. The van der Waals surface area contributed by atoms with Crippen molar-refractivity contribution in [1.82, 2.24) is 4.90 Å². The van der Waals surface area contributed by atoms with E-state index in [4.69, 9.17) is 9.47 Å². The monoisotopic (exact) mass is 307 g/mol. The van der Waals surface area contributed by atoms with Crippen LogP contribution in [0.3, 0.4) is 0 Å². The van der Waals surface area contributed by atoms with Crippen LogP contribution in [0, 0.1) is 5.41 Å². The molecule has 0 aliphatic carbocycles. The van der Waals surface area contributed by atoms with Crippen molar-refractivity contribution in [3.63, 3.8) is 0 Å². The maximum absolute atomic E-state index is 12.5. The summed E-state index contributed by atoms with van der Waals surface area (Å²) in [6, 6.07) is 0.542. The standard InChI is InChI=1S/C18H29NO3/c1-17(2,3)22-16(20)19-14-6-5-7-15(19)9-13(8-14)10-18(4)11-21-12-18/h8,14-15H,5-7,9-12H2,1-4H3. The van der Waals surface area contributed by atoms with E-state index in [0.29, 0.717) is 11.5 Å². The Balaban J connectivity index is 1.72. The van der Waals surface area contributed by atoms with Crippen molar-refractivity contribution in [3.8, 4) is 0 Å². The smallest absolute Gasteiger partial charge is 0.411 e. The SMILES string of the molecule is CC1(CC2=CC3CCCC(C2)N3C(=O)OC(C)(C)C)COC1. The Morgan fingerprint density at radius 1 is 1.41 bits per heavy atom. The molecule has 2 saturated heterocycles. The van der Waals surface area contributed by atoms with Gasteiger partial charge in [0.25, 0.3) is 0 Å². The Morgan fingerprint density at radius 2 is 2.14 bits per heavy atom. The highest BCUT2D eigenvalue weighted by Crippen LogP contribution is 2.40. The summed E-state index contributed by atoms with van der Waals surface area (Å²) < 4.78 is 11.0. The molecule has 0 aromatic heterocycles. The van der Waals surface area contributed by atoms with Crippen LogP contribution >= 0.6 is 0 Å². The van der Waals surface area contributed by atoms with E-state index in [9.17, 15) is 4.79 Å². The predicted molar refractivity (Wildman–Crippen MR) is 85.7 cm³/mol. The minimum Gasteiger partial charge on any atom is -0.444 e. The zero-order valence-electron chi connectivity index (χ0n) is 14.4. The Labute approximate surface area is 133 Å². The number of fused-ring (bicyclic) bond motifs is 2. The minimum absolute atomic E-state index is 0.143. The first kappa shape index (κ1) is 15.9. The predicted octanol–water partition coefficient (Wildman–Crippen LogP) is 3.90. The van der Waals surface area contributed by atoms with Gasteiger partial charge in [0, 0.05) is 11.5 Å². The van der Waals surface area contributed by atoms with E-state index < -0.39 is 5.60 Å². The second kappa shape index (κ2) is 5.55. The molecule has 124 valence electrons. The molecule has 0 aromatic carbocycles. The van der Waals surface area contributed by atoms with Gasteiger partial charge in [-0.15, -0.1) is 0 Å². The third kappa shape index (κ3) is 3.32. The highest BCUT2D eigenvalue weighted by Gasteiger charge is 2.41. The molecule has 0 spiro atoms. The third-order valence-corrected chi connectivity index (χ3v) is 4.87. The molecule has 2 atom stereocenters. The average Bonchev–Trinajstić information content (AvgIpc) is 2.33. The molecule has 3 heterocycles. The van der Waals surface area contributed by atoms with Crippen LogP contribution in [0.5, 0.6) is 0 Å². The van der Waals surface area contributed by atoms with E-state index in [-0.39, 0.29) is 12.1 Å². The molecule has 0 radical (unpaired) electrons. The first-order chi connectivity index (χ1) is 10.3. The van der Waals surface area contributed by atoms with Crippen LogP contribution in [-0.2, 0) is 9.47 Å². The molecule has 2 unspecified atom stereocenters. The van der Waals surface area contributed by atoms with Crippen LogP contribution in [0.1, 0.15) is 59.8 Å². The van der Waals surface area contributed by atoms with Crippen molar-refractivity contribution in [1.29, 1.82) is 0 Å². The number of hydrogen-bond acceptors (Lipinski definition) is 3. The van der Waals surface area contributed by atoms with Crippen molar-refractivity contribution in [2.45, 2.75) is 77.5 Å². The summed E-state index contributed by atoms with van der Waals surface area (Å²) in [5.41, 5.74) is 1.40. The number of amides is 1. The topological polar surface area (TPSA) is 38.8 Å². The summed E-state index contributed by atoms with van der Waals surface area (Å²) in [5, 5.41) is 0. The van der Waals surface area contributed by atoms with Gasteiger partial charge in [0.05, 0.1) is 19.3 Å². The van der Waals surface area contributed by atoms with Crippen LogP contribution in [0.2, 0.25) is 0 Å². The fourth-order valence-corrected chi connectivity index (χ4v) is 3.95. The van der Waals surface area contributed by atoms with Gasteiger partial charge in [-0.05, 0) is 52.9 Å². The molecule has 0 saturated carbocycles. The lowest BCUT2D eigenvalue weighted by atomic mass is 9.76. The number of carbonyl (C=O) groups excluding carboxylic acids is 1. The van der Waals surface area contributed by atoms with Gasteiger partial charge in [0.1, 0.15) is 5.60 Å². The summed E-state index contributed by atoms with van der Waals surface area (Å²) >= 11 is 0. The first-order valence-electron chi connectivity index (χ1n) is 8.54. The maximum Gasteiger partial charge on any atom is 0.411 e. The van der Waals surface area contributed by atoms with Crippen molar-refractivity contribution in [2.24, 2.45) is 5.41 Å². The van der Waals surface area contributed by atoms with Crippen LogP contribution < -0.4 is 0 Å². The molecular weight excluding hydrogens is 278 g/mol. The summed E-state index contributed by atoms with van der Waals surface area (Å²) in [5.74, 6) is 0. The molecule has 0 N–H and O–H groups in total. The zero-order valence-corrected chi connectivity index (χ0v) is 14.4. The second-order valence-corrected chi connectivity index (χ2v) is 8.55. The Kier molecular flexibility index (Phi) is 4.00. The van der Waals surface area contributed by atoms with Gasteiger partial charge in [0.15, 0.2) is 0 Å². The van der Waals surface area contributed by atoms with Crippen molar-refractivity contribution < 1.29 is 14.3 Å². The highest BCUT2D eigenvalue weighted by atomic mass is 16.6. The van der Waals surface area contributed by atoms with Crippen molar-refractivity contribution >= 4 is 6.09 Å². The van der Waals surface area contributed by atoms with Gasteiger partial charge in [-0.2, -0.15) is 0 Å². The van der Waals surface area contributed by atoms with E-state index in [0.717, 1.165) is 38.9 Å². The molecule has 2 bridgehead atoms. The summed E-state index contributed by atoms with van der Waals surface area (Å²) in [6.07, 6.45) is 7.68. The van der Waals surface area contributed by atoms with Gasteiger partial charge in [-0.3, -0.25) is 4.90 Å². The Hall–Kier alpha value is -1.03. The quantitative estimate of drug-likeness (QED) is 0.726. The lowest BCUT2D eigenvalue weighted by molar-refractivity contribution is -0.101. The summed E-state index contributed by atoms with van der Waals surface area (Å²) in [7, 11) is 0. The van der Waals surface area contributed by atoms with E-state index in [1.54, 1.807) is 0 Å². The fourth-order valence-electron chi connectivity index (χ4n) is 3.95. The number of nitrogens with zero attached hydrogens (tertiary/aromatic N) is 1. The maximum atomic E-state index is 12.5. The van der Waals surface area contributed by atoms with Gasteiger partial charge in [0.2, 0.25) is 0 Å². The van der Waals surface area contributed by atoms with Gasteiger partial charge in [-0.1, -0.05) is 18.6 Å². The molecule has 2 fully saturated rings. The minimum atomic E-state index is -0.424. The molecule has 3 rings (SSSR count). The molecule has 4 nitrogen and oxygen atoms in total. The van der Waals surface area contributed by atoms with Crippen LogP contribution in [0.4, 0.5) is 4.79 Å². The van der Waals surface area contributed by atoms with Crippen molar-refractivity contribution in [3.05, 3.63) is 11.6 Å². The number of piperidine rings is 1. The second-order valence-electron chi connectivity index (χ2n) is 8.55. The van der Waals surface area contributed by atoms with Crippen LogP contribution in [-0.4, -0.2) is 41.9 Å². The molecule has 3 aliphatic heterocycles. The first-order valence-corrected chi connectivity index (χ1v) is 8.54. The average molecular weight is 307 g/mol. The number of hydrogen-bond donors (Lipinski definition) is 0. The summed E-state index contributed by atoms with van der Waals surface area (Å²) in [6.45, 7) is 9.84. The van der Waals surface area contributed by atoms with Crippen LogP contribution in [0.15, 0.2) is 11.6 Å². The number of ether oxygens (including phenoxy) is 2.